The van der Waals surface area contributed by atoms with Gasteiger partial charge in [-0.1, -0.05) is 29.4 Å². The Balaban J connectivity index is 1.37. The third kappa shape index (κ3) is 2.73. The number of aryl methyl sites for hydroxylation is 1. The zero-order valence-corrected chi connectivity index (χ0v) is 15.5. The van der Waals surface area contributed by atoms with Crippen LogP contribution in [-0.2, 0) is 7.05 Å². The molecule has 0 bridgehead atoms. The Bertz CT molecular complexity index is 1110. The first-order valence-electron chi connectivity index (χ1n) is 8.79. The summed E-state index contributed by atoms with van der Waals surface area (Å²) in [5.74, 6) is 1.25. The van der Waals surface area contributed by atoms with Crippen molar-refractivity contribution in [2.24, 2.45) is 7.05 Å². The number of thiophene rings is 1. The molecule has 1 amide bonds. The Labute approximate surface area is 159 Å². The predicted octanol–water partition coefficient (Wildman–Crippen LogP) is 3.31. The van der Waals surface area contributed by atoms with Crippen LogP contribution in [0.1, 0.15) is 28.7 Å². The number of nitrogens with zero attached hydrogens (tertiary/aromatic N) is 5. The van der Waals surface area contributed by atoms with Gasteiger partial charge in [0.05, 0.1) is 10.4 Å². The molecule has 8 heteroatoms. The number of amides is 1. The van der Waals surface area contributed by atoms with Gasteiger partial charge in [0, 0.05) is 31.4 Å². The molecule has 5 rings (SSSR count). The molecule has 4 heterocycles. The van der Waals surface area contributed by atoms with E-state index in [1.54, 1.807) is 16.0 Å². The van der Waals surface area contributed by atoms with Crippen molar-refractivity contribution in [1.82, 2.24) is 24.8 Å². The maximum Gasteiger partial charge on any atom is 0.275 e. The first-order valence-corrected chi connectivity index (χ1v) is 9.67. The molecule has 1 aliphatic rings. The standard InChI is InChI=1S/C19H17N5O2S/c1-23-14-6-3-2-5-13(14)16(21-23)19(25)24-9-8-12(11-24)17-20-18(26-22-17)15-7-4-10-27-15/h2-7,10,12H,8-9,11H2,1H3/t12-/m0/s1. The Kier molecular flexibility index (Phi) is 3.78. The second-order valence-electron chi connectivity index (χ2n) is 6.66. The van der Waals surface area contributed by atoms with E-state index in [2.05, 4.69) is 15.2 Å². The quantitative estimate of drug-likeness (QED) is 0.546. The van der Waals surface area contributed by atoms with Crippen LogP contribution < -0.4 is 0 Å². The van der Waals surface area contributed by atoms with Crippen LogP contribution in [0.4, 0.5) is 0 Å². The van der Waals surface area contributed by atoms with Gasteiger partial charge in [-0.05, 0) is 23.9 Å². The molecule has 0 radical (unpaired) electrons. The topological polar surface area (TPSA) is 77.0 Å². The van der Waals surface area contributed by atoms with Gasteiger partial charge in [0.25, 0.3) is 11.8 Å². The van der Waals surface area contributed by atoms with Crippen molar-refractivity contribution in [2.45, 2.75) is 12.3 Å². The fraction of sp³-hybridized carbons (Fsp3) is 0.263. The normalized spacial score (nSPS) is 17.1. The lowest BCUT2D eigenvalue weighted by atomic mass is 10.1. The van der Waals surface area contributed by atoms with Crippen LogP contribution in [0.5, 0.6) is 0 Å². The molecule has 0 spiro atoms. The van der Waals surface area contributed by atoms with E-state index in [1.165, 1.54) is 0 Å². The Hall–Kier alpha value is -3.00. The van der Waals surface area contributed by atoms with Gasteiger partial charge in [-0.3, -0.25) is 9.48 Å². The highest BCUT2D eigenvalue weighted by Gasteiger charge is 2.33. The molecule has 1 saturated heterocycles. The zero-order valence-electron chi connectivity index (χ0n) is 14.7. The number of carbonyl (C=O) groups excluding carboxylic acids is 1. The van der Waals surface area contributed by atoms with Gasteiger partial charge >= 0.3 is 0 Å². The van der Waals surface area contributed by atoms with Crippen molar-refractivity contribution in [1.29, 1.82) is 0 Å². The highest BCUT2D eigenvalue weighted by atomic mass is 32.1. The highest BCUT2D eigenvalue weighted by Crippen LogP contribution is 2.30. The minimum Gasteiger partial charge on any atom is -0.336 e. The summed E-state index contributed by atoms with van der Waals surface area (Å²) in [6.45, 7) is 1.24. The molecule has 0 aliphatic carbocycles. The molecule has 0 unspecified atom stereocenters. The lowest BCUT2D eigenvalue weighted by Crippen LogP contribution is -2.29. The number of hydrogen-bond donors (Lipinski definition) is 0. The molecule has 4 aromatic rings. The number of para-hydroxylation sites is 1. The van der Waals surface area contributed by atoms with Crippen LogP contribution in [0.15, 0.2) is 46.3 Å². The molecule has 136 valence electrons. The molecule has 0 N–H and O–H groups in total. The van der Waals surface area contributed by atoms with Crippen LogP contribution >= 0.6 is 11.3 Å². The van der Waals surface area contributed by atoms with Gasteiger partial charge in [-0.25, -0.2) is 0 Å². The lowest BCUT2D eigenvalue weighted by molar-refractivity contribution is 0.0785. The Morgan fingerprint density at radius 3 is 3.00 bits per heavy atom. The van der Waals surface area contributed by atoms with Crippen LogP contribution in [0.25, 0.3) is 21.7 Å². The van der Waals surface area contributed by atoms with Crippen LogP contribution in [0, 0.1) is 0 Å². The number of rotatable bonds is 3. The van der Waals surface area contributed by atoms with Crippen LogP contribution in [-0.4, -0.2) is 43.8 Å². The van der Waals surface area contributed by atoms with Crippen LogP contribution in [0.2, 0.25) is 0 Å². The number of likely N-dealkylation sites (tertiary alicyclic amines) is 1. The van der Waals surface area contributed by atoms with Crippen molar-refractivity contribution >= 4 is 28.1 Å². The van der Waals surface area contributed by atoms with Gasteiger partial charge in [0.1, 0.15) is 0 Å². The average molecular weight is 379 g/mol. The average Bonchev–Trinajstić information content (AvgIpc) is 3.46. The van der Waals surface area contributed by atoms with E-state index in [0.717, 1.165) is 22.2 Å². The monoisotopic (exact) mass is 379 g/mol. The SMILES string of the molecule is Cn1nc(C(=O)N2CC[C@H](c3noc(-c4cccs4)n3)C2)c2ccccc21. The van der Waals surface area contributed by atoms with Gasteiger partial charge < -0.3 is 9.42 Å². The first kappa shape index (κ1) is 16.2. The third-order valence-corrected chi connectivity index (χ3v) is 5.83. The van der Waals surface area contributed by atoms with Crippen molar-refractivity contribution in [3.8, 4) is 10.8 Å². The van der Waals surface area contributed by atoms with Crippen molar-refractivity contribution < 1.29 is 9.32 Å². The van der Waals surface area contributed by atoms with E-state index in [4.69, 9.17) is 4.52 Å². The minimum atomic E-state index is -0.0451. The second-order valence-corrected chi connectivity index (χ2v) is 7.61. The number of carbonyl (C=O) groups is 1. The molecule has 3 aromatic heterocycles. The highest BCUT2D eigenvalue weighted by molar-refractivity contribution is 7.13. The van der Waals surface area contributed by atoms with Gasteiger partial charge in [0.15, 0.2) is 11.5 Å². The summed E-state index contributed by atoms with van der Waals surface area (Å²) in [6.07, 6.45) is 0.819. The molecule has 7 nitrogen and oxygen atoms in total. The summed E-state index contributed by atoms with van der Waals surface area (Å²) >= 11 is 1.57. The minimum absolute atomic E-state index is 0.0451. The van der Waals surface area contributed by atoms with E-state index < -0.39 is 0 Å². The fourth-order valence-corrected chi connectivity index (χ4v) is 4.22. The number of fused-ring (bicyclic) bond motifs is 1. The molecular weight excluding hydrogens is 362 g/mol. The molecule has 0 saturated carbocycles. The number of benzene rings is 1. The number of hydrogen-bond acceptors (Lipinski definition) is 6. The third-order valence-electron chi connectivity index (χ3n) is 4.97. The Morgan fingerprint density at radius 2 is 2.15 bits per heavy atom. The summed E-state index contributed by atoms with van der Waals surface area (Å²) in [5, 5.41) is 11.4. The van der Waals surface area contributed by atoms with E-state index in [0.29, 0.717) is 30.5 Å². The first-order chi connectivity index (χ1) is 13.2. The summed E-state index contributed by atoms with van der Waals surface area (Å²) in [4.78, 5) is 20.4. The van der Waals surface area contributed by atoms with Crippen molar-refractivity contribution in [2.75, 3.05) is 13.1 Å². The van der Waals surface area contributed by atoms with E-state index >= 15 is 0 Å². The molecule has 1 fully saturated rings. The van der Waals surface area contributed by atoms with E-state index in [1.807, 2.05) is 53.7 Å². The van der Waals surface area contributed by atoms with Gasteiger partial charge in [-0.2, -0.15) is 10.1 Å². The second kappa shape index (κ2) is 6.31. The molecule has 1 atom stereocenters. The van der Waals surface area contributed by atoms with Crippen molar-refractivity contribution in [3.05, 3.63) is 53.3 Å². The predicted molar refractivity (Wildman–Crippen MR) is 102 cm³/mol. The smallest absolute Gasteiger partial charge is 0.275 e. The Morgan fingerprint density at radius 1 is 1.26 bits per heavy atom. The summed E-state index contributed by atoms with van der Waals surface area (Å²) in [6, 6.07) is 11.7. The summed E-state index contributed by atoms with van der Waals surface area (Å²) < 4.78 is 7.15. The summed E-state index contributed by atoms with van der Waals surface area (Å²) in [5.41, 5.74) is 1.46. The van der Waals surface area contributed by atoms with Crippen molar-refractivity contribution in [3.63, 3.8) is 0 Å². The maximum absolute atomic E-state index is 13.0. The van der Waals surface area contributed by atoms with E-state index in [9.17, 15) is 4.79 Å². The molecule has 27 heavy (non-hydrogen) atoms. The number of aromatic nitrogens is 4. The molecular formula is C19H17N5O2S. The van der Waals surface area contributed by atoms with E-state index in [-0.39, 0.29) is 11.8 Å². The lowest BCUT2D eigenvalue weighted by Gasteiger charge is -2.14. The molecule has 1 aliphatic heterocycles. The zero-order chi connectivity index (χ0) is 18.4. The van der Waals surface area contributed by atoms with Gasteiger partial charge in [0.2, 0.25) is 0 Å². The fourth-order valence-electron chi connectivity index (χ4n) is 3.58. The van der Waals surface area contributed by atoms with Gasteiger partial charge in [-0.15, -0.1) is 11.3 Å². The maximum atomic E-state index is 13.0. The summed E-state index contributed by atoms with van der Waals surface area (Å²) in [7, 11) is 1.86. The van der Waals surface area contributed by atoms with Crippen LogP contribution in [0.3, 0.4) is 0 Å². The molecule has 1 aromatic carbocycles. The largest absolute Gasteiger partial charge is 0.336 e.